The zero-order valence-electron chi connectivity index (χ0n) is 15.1. The van der Waals surface area contributed by atoms with Crippen LogP contribution in [0.4, 0.5) is 0 Å². The molecule has 2 heterocycles. The average Bonchev–Trinajstić information content (AvgIpc) is 3.04. The van der Waals surface area contributed by atoms with Gasteiger partial charge in [-0.15, -0.1) is 0 Å². The molecule has 0 saturated carbocycles. The molecule has 5 heteroatoms. The molecular weight excluding hydrogens is 276 g/mol. The average molecular weight is 310 g/mol. The molecule has 2 fully saturated rings. The van der Waals surface area contributed by atoms with Crippen LogP contribution >= 0.6 is 0 Å². The quantitative estimate of drug-likeness (QED) is 0.619. The molecule has 22 heavy (non-hydrogen) atoms. The fraction of sp³-hybridized carbons (Fsp3) is 0.941. The van der Waals surface area contributed by atoms with Crippen molar-refractivity contribution in [3.63, 3.8) is 0 Å². The lowest BCUT2D eigenvalue weighted by Crippen LogP contribution is -2.42. The van der Waals surface area contributed by atoms with Crippen molar-refractivity contribution in [1.82, 2.24) is 15.1 Å². The van der Waals surface area contributed by atoms with E-state index < -0.39 is 0 Å². The summed E-state index contributed by atoms with van der Waals surface area (Å²) in [5.74, 6) is 1.08. The Labute approximate surface area is 136 Å². The molecule has 2 aliphatic heterocycles. The van der Waals surface area contributed by atoms with E-state index in [1.54, 1.807) is 0 Å². The lowest BCUT2D eigenvalue weighted by atomic mass is 9.87. The molecule has 0 aromatic heterocycles. The van der Waals surface area contributed by atoms with Gasteiger partial charge in [0.05, 0.1) is 6.61 Å². The fourth-order valence-corrected chi connectivity index (χ4v) is 3.71. The van der Waals surface area contributed by atoms with Gasteiger partial charge in [-0.25, -0.2) is 0 Å². The van der Waals surface area contributed by atoms with E-state index in [1.807, 2.05) is 0 Å². The summed E-state index contributed by atoms with van der Waals surface area (Å²) in [6.07, 6.45) is 2.44. The molecule has 1 N–H and O–H groups in total. The minimum Gasteiger partial charge on any atom is -0.381 e. The summed E-state index contributed by atoms with van der Waals surface area (Å²) in [7, 11) is 4.25. The van der Waals surface area contributed by atoms with Crippen LogP contribution in [0.2, 0.25) is 0 Å². The molecule has 2 saturated heterocycles. The van der Waals surface area contributed by atoms with Gasteiger partial charge in [0.1, 0.15) is 0 Å². The molecule has 2 rings (SSSR count). The van der Waals surface area contributed by atoms with Gasteiger partial charge in [0.25, 0.3) is 0 Å². The van der Waals surface area contributed by atoms with Crippen molar-refractivity contribution in [2.45, 2.75) is 33.6 Å². The van der Waals surface area contributed by atoms with Crippen molar-refractivity contribution >= 4 is 5.96 Å². The monoisotopic (exact) mass is 310 g/mol. The predicted octanol–water partition coefficient (Wildman–Crippen LogP) is 1.65. The maximum absolute atomic E-state index is 5.64. The Kier molecular flexibility index (Phi) is 5.72. The smallest absolute Gasteiger partial charge is 0.193 e. The van der Waals surface area contributed by atoms with Crippen LogP contribution in [0.1, 0.15) is 33.6 Å². The third kappa shape index (κ3) is 4.59. The number of likely N-dealkylation sites (tertiary alicyclic amines) is 1. The van der Waals surface area contributed by atoms with Crippen LogP contribution in [0.15, 0.2) is 4.99 Å². The molecular formula is C17H34N4O. The first-order valence-electron chi connectivity index (χ1n) is 8.62. The van der Waals surface area contributed by atoms with Gasteiger partial charge in [0, 0.05) is 44.7 Å². The summed E-state index contributed by atoms with van der Waals surface area (Å²) in [5, 5.41) is 3.48. The van der Waals surface area contributed by atoms with E-state index in [4.69, 9.17) is 9.73 Å². The number of ether oxygens (including phenoxy) is 1. The normalized spacial score (nSPS) is 26.5. The lowest BCUT2D eigenvalue weighted by Gasteiger charge is -2.29. The molecule has 1 unspecified atom stereocenters. The Morgan fingerprint density at radius 3 is 2.73 bits per heavy atom. The highest BCUT2D eigenvalue weighted by Gasteiger charge is 2.42. The molecule has 0 amide bonds. The standard InChI is InChI=1S/C17H34N4O/c1-6-18-15(19-11-16(2,3)12-20(4)5)21-9-7-17(13-21)8-10-22-14-17/h6-14H2,1-5H3,(H,18,19). The molecule has 0 aromatic rings. The number of hydrogen-bond donors (Lipinski definition) is 1. The Morgan fingerprint density at radius 1 is 1.36 bits per heavy atom. The lowest BCUT2D eigenvalue weighted by molar-refractivity contribution is 0.156. The van der Waals surface area contributed by atoms with E-state index in [0.29, 0.717) is 5.41 Å². The zero-order valence-corrected chi connectivity index (χ0v) is 15.1. The summed E-state index contributed by atoms with van der Waals surface area (Å²) < 4.78 is 5.64. The Hall–Kier alpha value is -0.810. The number of guanidine groups is 1. The van der Waals surface area contributed by atoms with Crippen molar-refractivity contribution in [2.24, 2.45) is 15.8 Å². The van der Waals surface area contributed by atoms with Gasteiger partial charge in [-0.2, -0.15) is 0 Å². The number of nitrogens with zero attached hydrogens (tertiary/aromatic N) is 3. The van der Waals surface area contributed by atoms with Gasteiger partial charge in [-0.05, 0) is 39.3 Å². The topological polar surface area (TPSA) is 40.1 Å². The molecule has 5 nitrogen and oxygen atoms in total. The molecule has 128 valence electrons. The van der Waals surface area contributed by atoms with Crippen LogP contribution in [0.25, 0.3) is 0 Å². The largest absolute Gasteiger partial charge is 0.381 e. The van der Waals surface area contributed by atoms with Crippen molar-refractivity contribution < 1.29 is 4.74 Å². The van der Waals surface area contributed by atoms with Crippen LogP contribution < -0.4 is 5.32 Å². The highest BCUT2D eigenvalue weighted by atomic mass is 16.5. The number of rotatable bonds is 5. The molecule has 2 aliphatic rings. The van der Waals surface area contributed by atoms with Crippen molar-refractivity contribution in [1.29, 1.82) is 0 Å². The number of hydrogen-bond acceptors (Lipinski definition) is 3. The summed E-state index contributed by atoms with van der Waals surface area (Å²) in [5.41, 5.74) is 0.577. The van der Waals surface area contributed by atoms with E-state index in [0.717, 1.165) is 51.9 Å². The predicted molar refractivity (Wildman–Crippen MR) is 92.4 cm³/mol. The molecule has 1 spiro atoms. The minimum atomic E-state index is 0.193. The van der Waals surface area contributed by atoms with E-state index in [2.05, 4.69) is 50.0 Å². The molecule has 0 aromatic carbocycles. The Bertz CT molecular complexity index is 386. The summed E-state index contributed by atoms with van der Waals surface area (Å²) >= 11 is 0. The van der Waals surface area contributed by atoms with Crippen LogP contribution in [-0.2, 0) is 4.74 Å². The van der Waals surface area contributed by atoms with Gasteiger partial charge in [0.15, 0.2) is 5.96 Å². The van der Waals surface area contributed by atoms with Crippen LogP contribution in [-0.4, -0.2) is 75.8 Å². The van der Waals surface area contributed by atoms with Gasteiger partial charge in [-0.3, -0.25) is 4.99 Å². The molecule has 0 radical (unpaired) electrons. The van der Waals surface area contributed by atoms with Gasteiger partial charge in [-0.1, -0.05) is 13.8 Å². The highest BCUT2D eigenvalue weighted by molar-refractivity contribution is 5.80. The second kappa shape index (κ2) is 7.18. The number of nitrogens with one attached hydrogen (secondary N) is 1. The van der Waals surface area contributed by atoms with Crippen LogP contribution in [0.3, 0.4) is 0 Å². The van der Waals surface area contributed by atoms with E-state index in [-0.39, 0.29) is 5.41 Å². The van der Waals surface area contributed by atoms with Gasteiger partial charge >= 0.3 is 0 Å². The second-order valence-corrected chi connectivity index (χ2v) is 8.05. The zero-order chi connectivity index (χ0) is 16.2. The number of aliphatic imine (C=N–C) groups is 1. The fourth-order valence-electron chi connectivity index (χ4n) is 3.71. The van der Waals surface area contributed by atoms with Crippen LogP contribution in [0, 0.1) is 10.8 Å². The summed E-state index contributed by atoms with van der Waals surface area (Å²) in [6, 6.07) is 0. The first-order chi connectivity index (χ1) is 10.4. The van der Waals surface area contributed by atoms with Gasteiger partial charge in [0.2, 0.25) is 0 Å². The van der Waals surface area contributed by atoms with Crippen molar-refractivity contribution in [2.75, 3.05) is 60.0 Å². The maximum atomic E-state index is 5.64. The molecule has 0 bridgehead atoms. The minimum absolute atomic E-state index is 0.193. The van der Waals surface area contributed by atoms with Gasteiger partial charge < -0.3 is 19.9 Å². The summed E-state index contributed by atoms with van der Waals surface area (Å²) in [4.78, 5) is 9.61. The maximum Gasteiger partial charge on any atom is 0.193 e. The first kappa shape index (κ1) is 17.5. The van der Waals surface area contributed by atoms with Crippen LogP contribution in [0.5, 0.6) is 0 Å². The molecule has 0 aliphatic carbocycles. The molecule has 1 atom stereocenters. The summed E-state index contributed by atoms with van der Waals surface area (Å²) in [6.45, 7) is 13.6. The van der Waals surface area contributed by atoms with E-state index in [9.17, 15) is 0 Å². The van der Waals surface area contributed by atoms with E-state index in [1.165, 1.54) is 12.8 Å². The Balaban J connectivity index is 1.98. The van der Waals surface area contributed by atoms with E-state index >= 15 is 0 Å². The third-order valence-corrected chi connectivity index (χ3v) is 4.66. The third-order valence-electron chi connectivity index (χ3n) is 4.66. The first-order valence-corrected chi connectivity index (χ1v) is 8.62. The highest BCUT2D eigenvalue weighted by Crippen LogP contribution is 2.38. The SMILES string of the molecule is CCNC(=NCC(C)(C)CN(C)C)N1CCC2(CCOC2)C1. The Morgan fingerprint density at radius 2 is 2.14 bits per heavy atom. The van der Waals surface area contributed by atoms with Crippen molar-refractivity contribution in [3.05, 3.63) is 0 Å². The van der Waals surface area contributed by atoms with Crippen molar-refractivity contribution in [3.8, 4) is 0 Å². The second-order valence-electron chi connectivity index (χ2n) is 8.05.